The maximum absolute atomic E-state index is 12.1. The first kappa shape index (κ1) is 12.9. The van der Waals surface area contributed by atoms with Gasteiger partial charge in [0, 0.05) is 18.5 Å². The number of carbonyl (C=O) groups is 2. The summed E-state index contributed by atoms with van der Waals surface area (Å²) in [7, 11) is 0. The highest BCUT2D eigenvalue weighted by Crippen LogP contribution is 2.30. The summed E-state index contributed by atoms with van der Waals surface area (Å²) < 4.78 is 5.34. The number of benzene rings is 1. The molecule has 0 radical (unpaired) electrons. The summed E-state index contributed by atoms with van der Waals surface area (Å²) in [6.45, 7) is 0.943. The molecular formula is C16H17NO3. The van der Waals surface area contributed by atoms with Gasteiger partial charge in [0.25, 0.3) is 0 Å². The number of nitrogens with zero attached hydrogens (tertiary/aromatic N) is 1. The fourth-order valence-electron chi connectivity index (χ4n) is 2.74. The Balaban J connectivity index is 1.60. The number of ketones is 1. The third-order valence-corrected chi connectivity index (χ3v) is 3.88. The van der Waals surface area contributed by atoms with Crippen LogP contribution in [0.3, 0.4) is 0 Å². The zero-order valence-corrected chi connectivity index (χ0v) is 11.2. The minimum Gasteiger partial charge on any atom is -0.445 e. The molecule has 0 N–H and O–H groups in total. The molecule has 3 rings (SSSR count). The number of carbonyl (C=O) groups excluding carboxylic acids is 2. The van der Waals surface area contributed by atoms with Crippen LogP contribution in [-0.4, -0.2) is 29.4 Å². The Morgan fingerprint density at radius 1 is 1.30 bits per heavy atom. The van der Waals surface area contributed by atoms with E-state index in [1.165, 1.54) is 0 Å². The predicted octanol–water partition coefficient (Wildman–Crippen LogP) is 2.69. The summed E-state index contributed by atoms with van der Waals surface area (Å²) in [6, 6.07) is 9.54. The van der Waals surface area contributed by atoms with Gasteiger partial charge < -0.3 is 9.64 Å². The van der Waals surface area contributed by atoms with Crippen molar-refractivity contribution in [2.24, 2.45) is 0 Å². The molecule has 4 nitrogen and oxygen atoms in total. The first-order valence-electron chi connectivity index (χ1n) is 6.96. The van der Waals surface area contributed by atoms with E-state index in [9.17, 15) is 9.59 Å². The molecule has 4 heteroatoms. The van der Waals surface area contributed by atoms with E-state index in [1.54, 1.807) is 4.90 Å². The minimum atomic E-state index is -0.322. The number of likely N-dealkylation sites (tertiary alicyclic amines) is 1. The topological polar surface area (TPSA) is 46.6 Å². The number of amides is 1. The van der Waals surface area contributed by atoms with E-state index in [0.29, 0.717) is 13.0 Å². The van der Waals surface area contributed by atoms with Crippen molar-refractivity contribution in [1.82, 2.24) is 4.90 Å². The van der Waals surface area contributed by atoms with Crippen LogP contribution in [0.25, 0.3) is 0 Å². The quantitative estimate of drug-likeness (QED) is 0.849. The molecule has 1 saturated heterocycles. The Labute approximate surface area is 118 Å². The van der Waals surface area contributed by atoms with Gasteiger partial charge in [0.15, 0.2) is 5.78 Å². The molecule has 0 aromatic heterocycles. The van der Waals surface area contributed by atoms with Crippen LogP contribution in [0.1, 0.15) is 24.8 Å². The molecule has 104 valence electrons. The van der Waals surface area contributed by atoms with Crippen LogP contribution in [0.15, 0.2) is 42.0 Å². The molecule has 1 amide bonds. The highest BCUT2D eigenvalue weighted by Gasteiger charge is 2.37. The van der Waals surface area contributed by atoms with E-state index in [2.05, 4.69) is 0 Å². The Morgan fingerprint density at radius 3 is 2.75 bits per heavy atom. The van der Waals surface area contributed by atoms with E-state index in [1.807, 2.05) is 36.4 Å². The lowest BCUT2D eigenvalue weighted by atomic mass is 9.89. The van der Waals surface area contributed by atoms with Crippen molar-refractivity contribution in [3.8, 4) is 0 Å². The standard InChI is InChI=1S/C16H17NO3/c18-15-9-8-13(15)14-7-4-10-17(14)16(19)20-11-12-5-2-1-3-6-12/h1-3,5-6,8,14H,4,7,9-11H2. The molecule has 1 aromatic rings. The highest BCUT2D eigenvalue weighted by atomic mass is 16.6. The van der Waals surface area contributed by atoms with E-state index >= 15 is 0 Å². The number of rotatable bonds is 3. The Bertz CT molecular complexity index is 550. The van der Waals surface area contributed by atoms with Gasteiger partial charge in [-0.25, -0.2) is 4.79 Å². The monoisotopic (exact) mass is 271 g/mol. The van der Waals surface area contributed by atoms with Gasteiger partial charge in [-0.2, -0.15) is 0 Å². The lowest BCUT2D eigenvalue weighted by Gasteiger charge is -2.28. The SMILES string of the molecule is O=C1CC=C1C1CCCN1C(=O)OCc1ccccc1. The number of hydrogen-bond acceptors (Lipinski definition) is 3. The van der Waals surface area contributed by atoms with Gasteiger partial charge in [0.2, 0.25) is 0 Å². The van der Waals surface area contributed by atoms with Gasteiger partial charge in [-0.15, -0.1) is 0 Å². The van der Waals surface area contributed by atoms with E-state index in [0.717, 1.165) is 24.0 Å². The van der Waals surface area contributed by atoms with Crippen LogP contribution in [0.5, 0.6) is 0 Å². The molecule has 0 spiro atoms. The molecule has 1 aliphatic carbocycles. The van der Waals surface area contributed by atoms with Crippen LogP contribution in [0.2, 0.25) is 0 Å². The second kappa shape index (κ2) is 5.49. The molecule has 1 aliphatic heterocycles. The number of allylic oxidation sites excluding steroid dienone is 1. The van der Waals surface area contributed by atoms with Gasteiger partial charge >= 0.3 is 6.09 Å². The summed E-state index contributed by atoms with van der Waals surface area (Å²) >= 11 is 0. The lowest BCUT2D eigenvalue weighted by Crippen LogP contribution is -2.40. The van der Waals surface area contributed by atoms with Crippen LogP contribution in [0, 0.1) is 0 Å². The number of hydrogen-bond donors (Lipinski definition) is 0. The van der Waals surface area contributed by atoms with Crippen molar-refractivity contribution in [1.29, 1.82) is 0 Å². The molecule has 1 heterocycles. The normalized spacial score (nSPS) is 21.4. The van der Waals surface area contributed by atoms with Gasteiger partial charge in [-0.3, -0.25) is 4.79 Å². The van der Waals surface area contributed by atoms with E-state index in [4.69, 9.17) is 4.74 Å². The Kier molecular flexibility index (Phi) is 3.54. The number of ether oxygens (including phenoxy) is 1. The molecule has 1 aromatic carbocycles. The van der Waals surface area contributed by atoms with Gasteiger partial charge in [0.05, 0.1) is 6.04 Å². The second-order valence-corrected chi connectivity index (χ2v) is 5.18. The van der Waals surface area contributed by atoms with Crippen LogP contribution >= 0.6 is 0 Å². The summed E-state index contributed by atoms with van der Waals surface area (Å²) in [5.74, 6) is 0.165. The molecule has 20 heavy (non-hydrogen) atoms. The van der Waals surface area contributed by atoms with Crippen molar-refractivity contribution in [2.75, 3.05) is 6.54 Å². The fourth-order valence-corrected chi connectivity index (χ4v) is 2.74. The molecule has 0 bridgehead atoms. The largest absolute Gasteiger partial charge is 0.445 e. The van der Waals surface area contributed by atoms with Crippen molar-refractivity contribution >= 4 is 11.9 Å². The zero-order chi connectivity index (χ0) is 13.9. The van der Waals surface area contributed by atoms with Crippen molar-refractivity contribution in [3.05, 3.63) is 47.5 Å². The third-order valence-electron chi connectivity index (χ3n) is 3.88. The van der Waals surface area contributed by atoms with E-state index < -0.39 is 0 Å². The molecule has 0 saturated carbocycles. The highest BCUT2D eigenvalue weighted by molar-refractivity contribution is 6.04. The smallest absolute Gasteiger partial charge is 0.410 e. The fraction of sp³-hybridized carbons (Fsp3) is 0.375. The molecule has 1 atom stereocenters. The van der Waals surface area contributed by atoms with Crippen LogP contribution in [-0.2, 0) is 16.1 Å². The van der Waals surface area contributed by atoms with Crippen molar-refractivity contribution < 1.29 is 14.3 Å². The summed E-state index contributed by atoms with van der Waals surface area (Å²) in [5.41, 5.74) is 1.76. The van der Waals surface area contributed by atoms with Gasteiger partial charge in [-0.1, -0.05) is 36.4 Å². The molecule has 1 fully saturated rings. The van der Waals surface area contributed by atoms with Crippen LogP contribution in [0.4, 0.5) is 4.79 Å². The first-order valence-corrected chi connectivity index (χ1v) is 6.96. The molecule has 1 unspecified atom stereocenters. The minimum absolute atomic E-state index is 0.0699. The van der Waals surface area contributed by atoms with Crippen LogP contribution < -0.4 is 0 Å². The summed E-state index contributed by atoms with van der Waals surface area (Å²) in [5, 5.41) is 0. The summed E-state index contributed by atoms with van der Waals surface area (Å²) in [4.78, 5) is 25.3. The Morgan fingerprint density at radius 2 is 2.10 bits per heavy atom. The lowest BCUT2D eigenvalue weighted by molar-refractivity contribution is -0.116. The second-order valence-electron chi connectivity index (χ2n) is 5.18. The predicted molar refractivity (Wildman–Crippen MR) is 74.1 cm³/mol. The van der Waals surface area contributed by atoms with E-state index in [-0.39, 0.29) is 24.5 Å². The Hall–Kier alpha value is -2.10. The maximum atomic E-state index is 12.1. The van der Waals surface area contributed by atoms with Crippen molar-refractivity contribution in [2.45, 2.75) is 31.9 Å². The van der Waals surface area contributed by atoms with Gasteiger partial charge in [-0.05, 0) is 18.4 Å². The molecular weight excluding hydrogens is 254 g/mol. The van der Waals surface area contributed by atoms with Crippen molar-refractivity contribution in [3.63, 3.8) is 0 Å². The average molecular weight is 271 g/mol. The average Bonchev–Trinajstić information content (AvgIpc) is 2.93. The summed E-state index contributed by atoms with van der Waals surface area (Å²) in [6.07, 6.45) is 3.90. The first-order chi connectivity index (χ1) is 9.75. The van der Waals surface area contributed by atoms with Gasteiger partial charge in [0.1, 0.15) is 6.61 Å². The molecule has 2 aliphatic rings. The number of Topliss-reactive ketones (excluding diaryl/α,β-unsaturated/α-hetero) is 1. The third kappa shape index (κ3) is 2.46. The zero-order valence-electron chi connectivity index (χ0n) is 11.2. The maximum Gasteiger partial charge on any atom is 0.410 e.